The summed E-state index contributed by atoms with van der Waals surface area (Å²) in [6.45, 7) is 7.96. The number of hydrogen-bond acceptors (Lipinski definition) is 3. The molecular formula is C11H19N3. The van der Waals surface area contributed by atoms with Gasteiger partial charge in [-0.3, -0.25) is 0 Å². The zero-order valence-corrected chi connectivity index (χ0v) is 9.17. The van der Waals surface area contributed by atoms with Gasteiger partial charge >= 0.3 is 0 Å². The lowest BCUT2D eigenvalue weighted by molar-refractivity contribution is 0.442. The van der Waals surface area contributed by atoms with Crippen LogP contribution in [0, 0.1) is 5.41 Å². The van der Waals surface area contributed by atoms with Crippen molar-refractivity contribution in [2.75, 3.05) is 11.9 Å². The maximum atomic E-state index is 5.51. The number of nitrogens with zero attached hydrogens (tertiary/aromatic N) is 1. The molecule has 0 radical (unpaired) electrons. The number of hydrogen-bond donors (Lipinski definition) is 2. The molecular weight excluding hydrogens is 174 g/mol. The molecule has 3 N–H and O–H groups in total. The molecule has 3 heteroatoms. The van der Waals surface area contributed by atoms with Crippen LogP contribution >= 0.6 is 0 Å². The Bertz CT molecular complexity index is 289. The summed E-state index contributed by atoms with van der Waals surface area (Å²) < 4.78 is 0. The molecule has 14 heavy (non-hydrogen) atoms. The van der Waals surface area contributed by atoms with Crippen molar-refractivity contribution in [1.82, 2.24) is 4.98 Å². The Labute approximate surface area is 85.7 Å². The molecule has 0 fully saturated rings. The number of anilines is 1. The number of aromatic nitrogens is 1. The second-order valence-corrected chi connectivity index (χ2v) is 4.63. The molecule has 0 spiro atoms. The molecule has 0 saturated heterocycles. The van der Waals surface area contributed by atoms with Crippen LogP contribution in [0.3, 0.4) is 0 Å². The van der Waals surface area contributed by atoms with E-state index in [0.29, 0.717) is 6.54 Å². The van der Waals surface area contributed by atoms with Gasteiger partial charge in [-0.1, -0.05) is 26.8 Å². The Hall–Kier alpha value is -1.09. The van der Waals surface area contributed by atoms with Crippen LogP contribution in [-0.4, -0.2) is 11.5 Å². The van der Waals surface area contributed by atoms with Gasteiger partial charge < -0.3 is 11.1 Å². The number of pyridine rings is 1. The molecule has 0 bridgehead atoms. The van der Waals surface area contributed by atoms with Crippen molar-refractivity contribution >= 4 is 5.82 Å². The quantitative estimate of drug-likeness (QED) is 0.772. The van der Waals surface area contributed by atoms with E-state index in [0.717, 1.165) is 18.1 Å². The minimum Gasteiger partial charge on any atom is -0.370 e. The third-order valence-electron chi connectivity index (χ3n) is 1.82. The van der Waals surface area contributed by atoms with Crippen LogP contribution in [0.1, 0.15) is 26.5 Å². The second-order valence-electron chi connectivity index (χ2n) is 4.63. The van der Waals surface area contributed by atoms with Crippen LogP contribution < -0.4 is 11.1 Å². The maximum Gasteiger partial charge on any atom is 0.126 e. The summed E-state index contributed by atoms with van der Waals surface area (Å²) in [6, 6.07) is 5.87. The highest BCUT2D eigenvalue weighted by molar-refractivity contribution is 5.35. The lowest BCUT2D eigenvalue weighted by Gasteiger charge is -2.19. The molecule has 0 amide bonds. The van der Waals surface area contributed by atoms with E-state index in [1.54, 1.807) is 0 Å². The first-order valence-electron chi connectivity index (χ1n) is 4.91. The Morgan fingerprint density at radius 3 is 2.64 bits per heavy atom. The van der Waals surface area contributed by atoms with Gasteiger partial charge in [0.1, 0.15) is 5.82 Å². The van der Waals surface area contributed by atoms with Crippen molar-refractivity contribution in [2.24, 2.45) is 11.1 Å². The van der Waals surface area contributed by atoms with Gasteiger partial charge in [-0.2, -0.15) is 0 Å². The first-order valence-corrected chi connectivity index (χ1v) is 4.91. The summed E-state index contributed by atoms with van der Waals surface area (Å²) in [5.41, 5.74) is 6.69. The fourth-order valence-corrected chi connectivity index (χ4v) is 1.05. The zero-order chi connectivity index (χ0) is 10.6. The van der Waals surface area contributed by atoms with E-state index in [1.807, 2.05) is 18.2 Å². The van der Waals surface area contributed by atoms with E-state index in [4.69, 9.17) is 5.73 Å². The fourth-order valence-electron chi connectivity index (χ4n) is 1.05. The molecule has 78 valence electrons. The predicted molar refractivity (Wildman–Crippen MR) is 60.1 cm³/mol. The van der Waals surface area contributed by atoms with E-state index in [1.165, 1.54) is 0 Å². The largest absolute Gasteiger partial charge is 0.370 e. The third-order valence-corrected chi connectivity index (χ3v) is 1.82. The average molecular weight is 193 g/mol. The van der Waals surface area contributed by atoms with Crippen LogP contribution in [0.15, 0.2) is 18.2 Å². The normalized spacial score (nSPS) is 11.4. The highest BCUT2D eigenvalue weighted by atomic mass is 15.0. The molecule has 0 aliphatic rings. The van der Waals surface area contributed by atoms with Crippen LogP contribution in [0.5, 0.6) is 0 Å². The van der Waals surface area contributed by atoms with Crippen molar-refractivity contribution in [2.45, 2.75) is 27.3 Å². The van der Waals surface area contributed by atoms with E-state index in [2.05, 4.69) is 31.1 Å². The van der Waals surface area contributed by atoms with Crippen LogP contribution in [0.4, 0.5) is 5.82 Å². The lowest BCUT2D eigenvalue weighted by atomic mass is 9.97. The average Bonchev–Trinajstić information content (AvgIpc) is 2.14. The molecule has 0 aliphatic carbocycles. The molecule has 0 unspecified atom stereocenters. The second kappa shape index (κ2) is 4.42. The Balaban J connectivity index is 2.59. The third kappa shape index (κ3) is 3.75. The summed E-state index contributed by atoms with van der Waals surface area (Å²) >= 11 is 0. The van der Waals surface area contributed by atoms with Crippen molar-refractivity contribution in [3.8, 4) is 0 Å². The monoisotopic (exact) mass is 193 g/mol. The lowest BCUT2D eigenvalue weighted by Crippen LogP contribution is -2.19. The topological polar surface area (TPSA) is 50.9 Å². The highest BCUT2D eigenvalue weighted by Crippen LogP contribution is 2.14. The summed E-state index contributed by atoms with van der Waals surface area (Å²) in [5.74, 6) is 0.905. The molecule has 0 atom stereocenters. The van der Waals surface area contributed by atoms with E-state index in [-0.39, 0.29) is 5.41 Å². The molecule has 0 saturated carbocycles. The van der Waals surface area contributed by atoms with Gasteiger partial charge in [-0.25, -0.2) is 4.98 Å². The number of nitrogens with two attached hydrogens (primary N) is 1. The molecule has 1 heterocycles. The van der Waals surface area contributed by atoms with Gasteiger partial charge in [0.2, 0.25) is 0 Å². The summed E-state index contributed by atoms with van der Waals surface area (Å²) in [6.07, 6.45) is 0. The molecule has 0 aromatic carbocycles. The van der Waals surface area contributed by atoms with Crippen LogP contribution in [0.2, 0.25) is 0 Å². The van der Waals surface area contributed by atoms with Crippen molar-refractivity contribution in [3.05, 3.63) is 23.9 Å². The molecule has 1 aromatic heterocycles. The van der Waals surface area contributed by atoms with E-state index >= 15 is 0 Å². The molecule has 1 aromatic rings. The zero-order valence-electron chi connectivity index (χ0n) is 9.17. The van der Waals surface area contributed by atoms with E-state index < -0.39 is 0 Å². The van der Waals surface area contributed by atoms with Gasteiger partial charge in [-0.15, -0.1) is 0 Å². The Morgan fingerprint density at radius 1 is 1.36 bits per heavy atom. The van der Waals surface area contributed by atoms with Gasteiger partial charge in [-0.05, 0) is 17.5 Å². The smallest absolute Gasteiger partial charge is 0.126 e. The highest BCUT2D eigenvalue weighted by Gasteiger charge is 2.09. The van der Waals surface area contributed by atoms with Gasteiger partial charge in [0.25, 0.3) is 0 Å². The molecule has 3 nitrogen and oxygen atoms in total. The molecule has 0 aliphatic heterocycles. The standard InChI is InChI=1S/C11H19N3/c1-11(2,3)8-13-10-6-4-5-9(7-12)14-10/h4-6H,7-8,12H2,1-3H3,(H,13,14). The van der Waals surface area contributed by atoms with Crippen molar-refractivity contribution < 1.29 is 0 Å². The number of nitrogens with one attached hydrogen (secondary N) is 1. The molecule has 1 rings (SSSR count). The SMILES string of the molecule is CC(C)(C)CNc1cccc(CN)n1. The minimum absolute atomic E-state index is 0.264. The number of rotatable bonds is 3. The first-order chi connectivity index (χ1) is 6.51. The van der Waals surface area contributed by atoms with E-state index in [9.17, 15) is 0 Å². The Morgan fingerprint density at radius 2 is 2.07 bits per heavy atom. The summed E-state index contributed by atoms with van der Waals surface area (Å²) in [7, 11) is 0. The first kappa shape index (κ1) is 11.0. The van der Waals surface area contributed by atoms with Gasteiger partial charge in [0.15, 0.2) is 0 Å². The van der Waals surface area contributed by atoms with Gasteiger partial charge in [0, 0.05) is 13.1 Å². The van der Waals surface area contributed by atoms with Crippen LogP contribution in [-0.2, 0) is 6.54 Å². The van der Waals surface area contributed by atoms with Gasteiger partial charge in [0.05, 0.1) is 5.69 Å². The minimum atomic E-state index is 0.264. The summed E-state index contributed by atoms with van der Waals surface area (Å²) in [5, 5.41) is 3.29. The van der Waals surface area contributed by atoms with Crippen molar-refractivity contribution in [1.29, 1.82) is 0 Å². The van der Waals surface area contributed by atoms with Crippen molar-refractivity contribution in [3.63, 3.8) is 0 Å². The van der Waals surface area contributed by atoms with Crippen LogP contribution in [0.25, 0.3) is 0 Å². The summed E-state index contributed by atoms with van der Waals surface area (Å²) in [4.78, 5) is 4.36. The fraction of sp³-hybridized carbons (Fsp3) is 0.545. The predicted octanol–water partition coefficient (Wildman–Crippen LogP) is 2.00. The Kier molecular flexibility index (Phi) is 3.47. The maximum absolute atomic E-state index is 5.51.